The molecule has 1 unspecified atom stereocenters. The maximum Gasteiger partial charge on any atom is 0.115 e. The molecule has 0 saturated heterocycles. The fourth-order valence-corrected chi connectivity index (χ4v) is 0.689. The highest BCUT2D eigenvalue weighted by Crippen LogP contribution is 2.10. The number of hydrogen-bond donors (Lipinski definition) is 1. The average Bonchev–Trinajstić information content (AvgIpc) is 2.07. The quantitative estimate of drug-likeness (QED) is 0.661. The van der Waals surface area contributed by atoms with Gasteiger partial charge in [0, 0.05) is 6.20 Å². The first-order chi connectivity index (χ1) is 5.34. The smallest absolute Gasteiger partial charge is 0.115 e. The molecule has 1 heterocycles. The summed E-state index contributed by atoms with van der Waals surface area (Å²) < 4.78 is 0. The zero-order valence-corrected chi connectivity index (χ0v) is 5.81. The first-order valence-corrected chi connectivity index (χ1v) is 3.15. The summed E-state index contributed by atoms with van der Waals surface area (Å²) in [4.78, 5) is 7.47. The zero-order valence-electron chi connectivity index (χ0n) is 5.81. The van der Waals surface area contributed by atoms with Gasteiger partial charge in [0.05, 0.1) is 18.2 Å². The van der Waals surface area contributed by atoms with Crippen molar-refractivity contribution in [2.24, 2.45) is 0 Å². The van der Waals surface area contributed by atoms with Crippen LogP contribution in [0.15, 0.2) is 18.6 Å². The van der Waals surface area contributed by atoms with Gasteiger partial charge in [-0.25, -0.2) is 9.97 Å². The van der Waals surface area contributed by atoms with Crippen LogP contribution in [0.25, 0.3) is 0 Å². The maximum atomic E-state index is 9.21. The summed E-state index contributed by atoms with van der Waals surface area (Å²) in [7, 11) is 0. The van der Waals surface area contributed by atoms with Crippen LogP contribution in [0.4, 0.5) is 0 Å². The van der Waals surface area contributed by atoms with Gasteiger partial charge in [-0.3, -0.25) is 0 Å². The highest BCUT2D eigenvalue weighted by molar-refractivity contribution is 5.03. The standard InChI is InChI=1S/C7H7N3O/c8-3-1-7(11)6-2-4-9-5-10-6/h2,4-5,7,11H,1H2. The van der Waals surface area contributed by atoms with Gasteiger partial charge >= 0.3 is 0 Å². The Labute approximate surface area is 64.2 Å². The van der Waals surface area contributed by atoms with Crippen LogP contribution in [-0.4, -0.2) is 15.1 Å². The average molecular weight is 149 g/mol. The van der Waals surface area contributed by atoms with E-state index in [0.717, 1.165) is 0 Å². The SMILES string of the molecule is N#CCC(O)c1ccncn1. The molecule has 0 aliphatic carbocycles. The molecule has 1 N–H and O–H groups in total. The van der Waals surface area contributed by atoms with Crippen molar-refractivity contribution in [1.29, 1.82) is 5.26 Å². The molecule has 0 aromatic carbocycles. The van der Waals surface area contributed by atoms with Crippen molar-refractivity contribution in [3.05, 3.63) is 24.3 Å². The molecule has 1 rings (SSSR count). The molecule has 0 fully saturated rings. The lowest BCUT2D eigenvalue weighted by molar-refractivity contribution is 0.178. The Morgan fingerprint density at radius 1 is 1.73 bits per heavy atom. The molecule has 1 aromatic heterocycles. The number of aliphatic hydroxyl groups excluding tert-OH is 1. The van der Waals surface area contributed by atoms with E-state index in [1.165, 1.54) is 12.5 Å². The summed E-state index contributed by atoms with van der Waals surface area (Å²) in [5.74, 6) is 0. The Morgan fingerprint density at radius 3 is 3.09 bits per heavy atom. The summed E-state index contributed by atoms with van der Waals surface area (Å²) in [6, 6.07) is 3.44. The van der Waals surface area contributed by atoms with E-state index >= 15 is 0 Å². The molecule has 1 atom stereocenters. The van der Waals surface area contributed by atoms with Crippen molar-refractivity contribution in [2.75, 3.05) is 0 Å². The van der Waals surface area contributed by atoms with E-state index in [-0.39, 0.29) is 6.42 Å². The number of nitriles is 1. The number of rotatable bonds is 2. The summed E-state index contributed by atoms with van der Waals surface area (Å²) in [6.45, 7) is 0. The molecule has 11 heavy (non-hydrogen) atoms. The Balaban J connectivity index is 2.70. The molecule has 0 amide bonds. The van der Waals surface area contributed by atoms with Gasteiger partial charge < -0.3 is 5.11 Å². The minimum absolute atomic E-state index is 0.0665. The molecule has 56 valence electrons. The number of aliphatic hydroxyl groups is 1. The van der Waals surface area contributed by atoms with E-state index in [1.807, 2.05) is 6.07 Å². The molecule has 0 aliphatic rings. The predicted molar refractivity (Wildman–Crippen MR) is 37.2 cm³/mol. The molecule has 4 heteroatoms. The summed E-state index contributed by atoms with van der Waals surface area (Å²) in [5, 5.41) is 17.5. The minimum atomic E-state index is -0.789. The molecule has 1 aromatic rings. The van der Waals surface area contributed by atoms with Gasteiger partial charge in [0.2, 0.25) is 0 Å². The lowest BCUT2D eigenvalue weighted by Crippen LogP contribution is -1.98. The van der Waals surface area contributed by atoms with Crippen molar-refractivity contribution in [3.8, 4) is 6.07 Å². The van der Waals surface area contributed by atoms with Crippen LogP contribution in [0, 0.1) is 11.3 Å². The molecule has 0 aliphatic heterocycles. The third-order valence-corrected chi connectivity index (χ3v) is 1.23. The summed E-state index contributed by atoms with van der Waals surface area (Å²) >= 11 is 0. The van der Waals surface area contributed by atoms with Crippen LogP contribution in [0.2, 0.25) is 0 Å². The van der Waals surface area contributed by atoms with Gasteiger partial charge in [-0.1, -0.05) is 0 Å². The monoisotopic (exact) mass is 149 g/mol. The van der Waals surface area contributed by atoms with Crippen LogP contribution in [0.5, 0.6) is 0 Å². The molecule has 0 radical (unpaired) electrons. The maximum absolute atomic E-state index is 9.21. The molecule has 0 spiro atoms. The highest BCUT2D eigenvalue weighted by atomic mass is 16.3. The van der Waals surface area contributed by atoms with E-state index in [1.54, 1.807) is 6.07 Å². The first kappa shape index (κ1) is 7.63. The number of nitrogens with zero attached hydrogens (tertiary/aromatic N) is 3. The fourth-order valence-electron chi connectivity index (χ4n) is 0.689. The molecular weight excluding hydrogens is 142 g/mol. The van der Waals surface area contributed by atoms with Crippen molar-refractivity contribution < 1.29 is 5.11 Å². The van der Waals surface area contributed by atoms with Crippen LogP contribution in [0.3, 0.4) is 0 Å². The molecule has 0 bridgehead atoms. The Morgan fingerprint density at radius 2 is 2.55 bits per heavy atom. The van der Waals surface area contributed by atoms with Gasteiger partial charge in [-0.05, 0) is 6.07 Å². The Bertz CT molecular complexity index is 254. The van der Waals surface area contributed by atoms with Gasteiger partial charge in [0.15, 0.2) is 0 Å². The lowest BCUT2D eigenvalue weighted by Gasteiger charge is -2.02. The normalized spacial score (nSPS) is 12.0. The van der Waals surface area contributed by atoms with Crippen molar-refractivity contribution in [2.45, 2.75) is 12.5 Å². The first-order valence-electron chi connectivity index (χ1n) is 3.15. The second-order valence-electron chi connectivity index (χ2n) is 2.01. The third-order valence-electron chi connectivity index (χ3n) is 1.23. The second kappa shape index (κ2) is 3.64. The van der Waals surface area contributed by atoms with Crippen LogP contribution >= 0.6 is 0 Å². The van der Waals surface area contributed by atoms with Gasteiger partial charge in [0.1, 0.15) is 12.4 Å². The van der Waals surface area contributed by atoms with Crippen LogP contribution in [-0.2, 0) is 0 Å². The predicted octanol–water partition coefficient (Wildman–Crippen LogP) is 0.424. The van der Waals surface area contributed by atoms with Crippen molar-refractivity contribution >= 4 is 0 Å². The molecular formula is C7H7N3O. The second-order valence-corrected chi connectivity index (χ2v) is 2.01. The topological polar surface area (TPSA) is 69.8 Å². The Hall–Kier alpha value is -1.47. The van der Waals surface area contributed by atoms with E-state index < -0.39 is 6.10 Å². The Kier molecular flexibility index (Phi) is 2.53. The van der Waals surface area contributed by atoms with Crippen molar-refractivity contribution in [1.82, 2.24) is 9.97 Å². The summed E-state index contributed by atoms with van der Waals surface area (Å²) in [5.41, 5.74) is 0.488. The van der Waals surface area contributed by atoms with Gasteiger partial charge in [0.25, 0.3) is 0 Å². The summed E-state index contributed by atoms with van der Waals surface area (Å²) in [6.07, 6.45) is 2.15. The van der Waals surface area contributed by atoms with Crippen molar-refractivity contribution in [3.63, 3.8) is 0 Å². The van der Waals surface area contributed by atoms with E-state index in [0.29, 0.717) is 5.69 Å². The van der Waals surface area contributed by atoms with Crippen LogP contribution in [0.1, 0.15) is 18.2 Å². The number of hydrogen-bond acceptors (Lipinski definition) is 4. The van der Waals surface area contributed by atoms with E-state index in [9.17, 15) is 5.11 Å². The van der Waals surface area contributed by atoms with Gasteiger partial charge in [-0.2, -0.15) is 5.26 Å². The lowest BCUT2D eigenvalue weighted by atomic mass is 10.2. The molecule has 0 saturated carbocycles. The van der Waals surface area contributed by atoms with E-state index in [2.05, 4.69) is 9.97 Å². The highest BCUT2D eigenvalue weighted by Gasteiger charge is 2.06. The number of aromatic nitrogens is 2. The zero-order chi connectivity index (χ0) is 8.10. The van der Waals surface area contributed by atoms with E-state index in [4.69, 9.17) is 5.26 Å². The third kappa shape index (κ3) is 1.99. The fraction of sp³-hybridized carbons (Fsp3) is 0.286. The minimum Gasteiger partial charge on any atom is -0.386 e. The van der Waals surface area contributed by atoms with Gasteiger partial charge in [-0.15, -0.1) is 0 Å². The van der Waals surface area contributed by atoms with Crippen LogP contribution < -0.4 is 0 Å². The molecule has 4 nitrogen and oxygen atoms in total. The largest absolute Gasteiger partial charge is 0.386 e.